The van der Waals surface area contributed by atoms with Gasteiger partial charge in [-0.05, 0) is 28.1 Å². The van der Waals surface area contributed by atoms with Gasteiger partial charge in [-0.3, -0.25) is 4.68 Å². The van der Waals surface area contributed by atoms with Crippen LogP contribution in [0.2, 0.25) is 5.15 Å². The minimum absolute atomic E-state index is 0.533. The zero-order chi connectivity index (χ0) is 10.1. The number of nitrogens with zero attached hydrogens (tertiary/aromatic N) is 2. The minimum Gasteiger partial charge on any atom is -0.329 e. The number of benzene rings is 1. The van der Waals surface area contributed by atoms with Crippen molar-refractivity contribution in [2.75, 3.05) is 6.54 Å². The lowest BCUT2D eigenvalue weighted by molar-refractivity contribution is 0.632. The van der Waals surface area contributed by atoms with Crippen LogP contribution < -0.4 is 5.73 Å². The summed E-state index contributed by atoms with van der Waals surface area (Å²) in [5.41, 5.74) is 6.34. The predicted molar refractivity (Wildman–Crippen MR) is 61.5 cm³/mol. The number of hydrogen-bond donors (Lipinski definition) is 1. The summed E-state index contributed by atoms with van der Waals surface area (Å²) in [6.07, 6.45) is 0. The average molecular weight is 275 g/mol. The van der Waals surface area contributed by atoms with E-state index in [0.717, 1.165) is 15.4 Å². The Balaban J connectivity index is 2.68. The minimum atomic E-state index is 0.533. The first-order chi connectivity index (χ1) is 6.74. The lowest BCUT2D eigenvalue weighted by Crippen LogP contribution is -2.10. The van der Waals surface area contributed by atoms with E-state index in [1.807, 2.05) is 18.2 Å². The Bertz CT molecular complexity index is 466. The molecule has 0 saturated carbocycles. The molecule has 0 aliphatic carbocycles. The normalized spacial score (nSPS) is 11.1. The first-order valence-electron chi connectivity index (χ1n) is 4.24. The van der Waals surface area contributed by atoms with Crippen LogP contribution in [0.15, 0.2) is 22.7 Å². The molecule has 1 heterocycles. The lowest BCUT2D eigenvalue weighted by atomic mass is 10.3. The molecule has 0 amide bonds. The van der Waals surface area contributed by atoms with Crippen molar-refractivity contribution in [3.05, 3.63) is 27.8 Å². The molecular weight excluding hydrogens is 265 g/mol. The molecule has 0 aliphatic heterocycles. The van der Waals surface area contributed by atoms with E-state index in [-0.39, 0.29) is 0 Å². The topological polar surface area (TPSA) is 43.8 Å². The zero-order valence-electron chi connectivity index (χ0n) is 7.37. The van der Waals surface area contributed by atoms with Crippen molar-refractivity contribution in [2.45, 2.75) is 6.54 Å². The monoisotopic (exact) mass is 273 g/mol. The summed E-state index contributed by atoms with van der Waals surface area (Å²) in [6, 6.07) is 5.81. The SMILES string of the molecule is NCCn1nc2cccc(Br)c2c1Cl. The van der Waals surface area contributed by atoms with Crippen molar-refractivity contribution in [1.82, 2.24) is 9.78 Å². The van der Waals surface area contributed by atoms with Crippen LogP contribution in [-0.4, -0.2) is 16.3 Å². The highest BCUT2D eigenvalue weighted by molar-refractivity contribution is 9.10. The van der Waals surface area contributed by atoms with Gasteiger partial charge in [0.1, 0.15) is 5.15 Å². The number of nitrogens with two attached hydrogens (primary N) is 1. The average Bonchev–Trinajstić information content (AvgIpc) is 2.46. The number of halogens is 2. The molecule has 0 bridgehead atoms. The van der Waals surface area contributed by atoms with E-state index in [0.29, 0.717) is 18.2 Å². The van der Waals surface area contributed by atoms with Gasteiger partial charge in [0.05, 0.1) is 17.4 Å². The maximum Gasteiger partial charge on any atom is 0.136 e. The maximum absolute atomic E-state index is 6.16. The summed E-state index contributed by atoms with van der Waals surface area (Å²) < 4.78 is 2.68. The van der Waals surface area contributed by atoms with Gasteiger partial charge in [0, 0.05) is 11.0 Å². The van der Waals surface area contributed by atoms with Gasteiger partial charge in [0.25, 0.3) is 0 Å². The Morgan fingerprint density at radius 2 is 2.29 bits per heavy atom. The van der Waals surface area contributed by atoms with Gasteiger partial charge in [-0.2, -0.15) is 5.10 Å². The fourth-order valence-electron chi connectivity index (χ4n) is 1.37. The zero-order valence-corrected chi connectivity index (χ0v) is 9.72. The molecule has 14 heavy (non-hydrogen) atoms. The Hall–Kier alpha value is -0.580. The molecule has 0 atom stereocenters. The van der Waals surface area contributed by atoms with Crippen LogP contribution in [0.1, 0.15) is 0 Å². The van der Waals surface area contributed by atoms with Crippen LogP contribution in [0.3, 0.4) is 0 Å². The Morgan fingerprint density at radius 3 is 2.93 bits per heavy atom. The first-order valence-corrected chi connectivity index (χ1v) is 5.41. The van der Waals surface area contributed by atoms with Gasteiger partial charge >= 0.3 is 0 Å². The molecule has 0 spiro atoms. The highest BCUT2D eigenvalue weighted by Gasteiger charge is 2.10. The number of fused-ring (bicyclic) bond motifs is 1. The first kappa shape index (κ1) is 9.96. The second-order valence-electron chi connectivity index (χ2n) is 2.94. The van der Waals surface area contributed by atoms with Crippen LogP contribution in [0, 0.1) is 0 Å². The van der Waals surface area contributed by atoms with E-state index in [2.05, 4.69) is 21.0 Å². The molecule has 2 aromatic rings. The summed E-state index contributed by atoms with van der Waals surface area (Å²) in [6.45, 7) is 1.17. The molecule has 0 unspecified atom stereocenters. The molecular formula is C9H9BrClN3. The molecule has 0 saturated heterocycles. The highest BCUT2D eigenvalue weighted by atomic mass is 79.9. The van der Waals surface area contributed by atoms with Crippen molar-refractivity contribution in [3.63, 3.8) is 0 Å². The summed E-state index contributed by atoms with van der Waals surface area (Å²) in [4.78, 5) is 0. The van der Waals surface area contributed by atoms with Crippen molar-refractivity contribution in [1.29, 1.82) is 0 Å². The number of aromatic nitrogens is 2. The summed E-state index contributed by atoms with van der Waals surface area (Å²) >= 11 is 9.60. The van der Waals surface area contributed by atoms with E-state index in [9.17, 15) is 0 Å². The molecule has 3 nitrogen and oxygen atoms in total. The van der Waals surface area contributed by atoms with Crippen LogP contribution in [0.5, 0.6) is 0 Å². The number of rotatable bonds is 2. The summed E-state index contributed by atoms with van der Waals surface area (Å²) in [7, 11) is 0. The Kier molecular flexibility index (Phi) is 2.76. The van der Waals surface area contributed by atoms with Gasteiger partial charge in [0.15, 0.2) is 0 Å². The standard InChI is InChI=1S/C9H9BrClN3/c10-6-2-1-3-7-8(6)9(11)14(13-7)5-4-12/h1-3H,4-5,12H2. The molecule has 2 N–H and O–H groups in total. The van der Waals surface area contributed by atoms with Gasteiger partial charge in [-0.1, -0.05) is 17.7 Å². The van der Waals surface area contributed by atoms with E-state index in [1.165, 1.54) is 0 Å². The third-order valence-corrected chi connectivity index (χ3v) is 3.04. The van der Waals surface area contributed by atoms with Gasteiger partial charge in [-0.15, -0.1) is 0 Å². The highest BCUT2D eigenvalue weighted by Crippen LogP contribution is 2.29. The molecule has 74 valence electrons. The quantitative estimate of drug-likeness (QED) is 0.914. The van der Waals surface area contributed by atoms with Crippen molar-refractivity contribution in [2.24, 2.45) is 5.73 Å². The summed E-state index contributed by atoms with van der Waals surface area (Å²) in [5, 5.41) is 5.92. The molecule has 0 radical (unpaired) electrons. The maximum atomic E-state index is 6.16. The lowest BCUT2D eigenvalue weighted by Gasteiger charge is -1.98. The largest absolute Gasteiger partial charge is 0.329 e. The van der Waals surface area contributed by atoms with E-state index in [1.54, 1.807) is 4.68 Å². The van der Waals surface area contributed by atoms with Gasteiger partial charge in [-0.25, -0.2) is 0 Å². The molecule has 0 fully saturated rings. The Morgan fingerprint density at radius 1 is 1.50 bits per heavy atom. The second-order valence-corrected chi connectivity index (χ2v) is 4.15. The predicted octanol–water partition coefficient (Wildman–Crippen LogP) is 2.41. The fraction of sp³-hybridized carbons (Fsp3) is 0.222. The molecule has 2 rings (SSSR count). The fourth-order valence-corrected chi connectivity index (χ4v) is 2.35. The summed E-state index contributed by atoms with van der Waals surface area (Å²) in [5.74, 6) is 0. The second kappa shape index (κ2) is 3.88. The van der Waals surface area contributed by atoms with Crippen LogP contribution in [0.4, 0.5) is 0 Å². The van der Waals surface area contributed by atoms with Gasteiger partial charge < -0.3 is 5.73 Å². The van der Waals surface area contributed by atoms with Crippen LogP contribution in [-0.2, 0) is 6.54 Å². The van der Waals surface area contributed by atoms with Crippen LogP contribution >= 0.6 is 27.5 Å². The van der Waals surface area contributed by atoms with Crippen molar-refractivity contribution >= 4 is 38.4 Å². The van der Waals surface area contributed by atoms with E-state index in [4.69, 9.17) is 17.3 Å². The third kappa shape index (κ3) is 1.54. The van der Waals surface area contributed by atoms with Crippen LogP contribution in [0.25, 0.3) is 10.9 Å². The molecule has 1 aromatic heterocycles. The van der Waals surface area contributed by atoms with Crippen molar-refractivity contribution in [3.8, 4) is 0 Å². The molecule has 0 aliphatic rings. The smallest absolute Gasteiger partial charge is 0.136 e. The third-order valence-electron chi connectivity index (χ3n) is 1.99. The number of hydrogen-bond acceptors (Lipinski definition) is 2. The van der Waals surface area contributed by atoms with Gasteiger partial charge in [0.2, 0.25) is 0 Å². The molecule has 5 heteroatoms. The van der Waals surface area contributed by atoms with E-state index < -0.39 is 0 Å². The van der Waals surface area contributed by atoms with Crippen molar-refractivity contribution < 1.29 is 0 Å². The Labute approximate surface area is 95.0 Å². The van der Waals surface area contributed by atoms with E-state index >= 15 is 0 Å². The molecule has 1 aromatic carbocycles.